The molecule has 1 aromatic rings. The van der Waals surface area contributed by atoms with Crippen LogP contribution in [0.3, 0.4) is 0 Å². The third-order valence-corrected chi connectivity index (χ3v) is 3.59. The summed E-state index contributed by atoms with van der Waals surface area (Å²) >= 11 is 3.44. The Bertz CT molecular complexity index is 310. The van der Waals surface area contributed by atoms with Gasteiger partial charge in [-0.1, -0.05) is 15.9 Å². The molecule has 1 fully saturated rings. The maximum atomic E-state index is 3.48. The van der Waals surface area contributed by atoms with Crippen LogP contribution in [0.4, 0.5) is 5.69 Å². The van der Waals surface area contributed by atoms with Crippen LogP contribution in [0.25, 0.3) is 0 Å². The van der Waals surface area contributed by atoms with Crippen molar-refractivity contribution in [3.05, 3.63) is 28.7 Å². The molecular weight excluding hydrogens is 252 g/mol. The minimum atomic E-state index is 0.702. The molecule has 1 atom stereocenters. The molecule has 1 N–H and O–H groups in total. The predicted octanol–water partition coefficient (Wildman–Crippen LogP) is 2.96. The van der Waals surface area contributed by atoms with Crippen LogP contribution in [0.2, 0.25) is 0 Å². The number of hydrogen-bond donors (Lipinski definition) is 1. The summed E-state index contributed by atoms with van der Waals surface area (Å²) in [5, 5.41) is 3.48. The number of likely N-dealkylation sites (N-methyl/N-ethyl adjacent to an activating group) is 1. The van der Waals surface area contributed by atoms with Crippen LogP contribution in [-0.4, -0.2) is 31.1 Å². The van der Waals surface area contributed by atoms with Crippen molar-refractivity contribution >= 4 is 21.6 Å². The maximum absolute atomic E-state index is 3.48. The second kappa shape index (κ2) is 4.99. The van der Waals surface area contributed by atoms with Gasteiger partial charge in [-0.05, 0) is 50.7 Å². The van der Waals surface area contributed by atoms with Crippen molar-refractivity contribution in [1.82, 2.24) is 4.90 Å². The number of anilines is 1. The van der Waals surface area contributed by atoms with Crippen LogP contribution in [0, 0.1) is 0 Å². The van der Waals surface area contributed by atoms with Gasteiger partial charge in [-0.25, -0.2) is 0 Å². The third kappa shape index (κ3) is 2.95. The van der Waals surface area contributed by atoms with E-state index in [1.54, 1.807) is 0 Å². The SMILES string of the molecule is CN1CCC[C@H]1CNc1ccc(Br)cc1. The lowest BCUT2D eigenvalue weighted by Gasteiger charge is -2.20. The zero-order valence-electron chi connectivity index (χ0n) is 9.04. The van der Waals surface area contributed by atoms with E-state index in [1.165, 1.54) is 25.1 Å². The summed E-state index contributed by atoms with van der Waals surface area (Å²) < 4.78 is 1.13. The molecule has 0 aromatic heterocycles. The number of nitrogens with one attached hydrogen (secondary N) is 1. The fraction of sp³-hybridized carbons (Fsp3) is 0.500. The second-order valence-electron chi connectivity index (χ2n) is 4.16. The maximum Gasteiger partial charge on any atom is 0.0341 e. The van der Waals surface area contributed by atoms with Crippen LogP contribution >= 0.6 is 15.9 Å². The second-order valence-corrected chi connectivity index (χ2v) is 5.08. The van der Waals surface area contributed by atoms with Crippen molar-refractivity contribution in [2.45, 2.75) is 18.9 Å². The Labute approximate surface area is 99.8 Å². The molecule has 0 bridgehead atoms. The Morgan fingerprint density at radius 1 is 1.40 bits per heavy atom. The average Bonchev–Trinajstić information content (AvgIpc) is 2.63. The molecule has 1 heterocycles. The number of benzene rings is 1. The molecule has 3 heteroatoms. The molecule has 0 radical (unpaired) electrons. The van der Waals surface area contributed by atoms with Gasteiger partial charge < -0.3 is 10.2 Å². The van der Waals surface area contributed by atoms with Crippen LogP contribution in [0.1, 0.15) is 12.8 Å². The highest BCUT2D eigenvalue weighted by atomic mass is 79.9. The van der Waals surface area contributed by atoms with Crippen LogP contribution in [0.15, 0.2) is 28.7 Å². The summed E-state index contributed by atoms with van der Waals surface area (Å²) in [6.45, 7) is 2.30. The van der Waals surface area contributed by atoms with Gasteiger partial charge in [0.2, 0.25) is 0 Å². The summed E-state index contributed by atoms with van der Waals surface area (Å²) in [7, 11) is 2.21. The molecule has 0 saturated carbocycles. The zero-order valence-corrected chi connectivity index (χ0v) is 10.6. The summed E-state index contributed by atoms with van der Waals surface area (Å²) in [4.78, 5) is 2.44. The first-order valence-corrected chi connectivity index (χ1v) is 6.25. The highest BCUT2D eigenvalue weighted by molar-refractivity contribution is 9.10. The number of hydrogen-bond acceptors (Lipinski definition) is 2. The summed E-state index contributed by atoms with van der Waals surface area (Å²) in [6, 6.07) is 9.06. The molecule has 2 rings (SSSR count). The Hall–Kier alpha value is -0.540. The quantitative estimate of drug-likeness (QED) is 0.907. The zero-order chi connectivity index (χ0) is 10.7. The molecule has 2 nitrogen and oxygen atoms in total. The molecule has 0 aliphatic carbocycles. The highest BCUT2D eigenvalue weighted by Gasteiger charge is 2.19. The van der Waals surface area contributed by atoms with Crippen LogP contribution < -0.4 is 5.32 Å². The van der Waals surface area contributed by atoms with E-state index < -0.39 is 0 Å². The van der Waals surface area contributed by atoms with Crippen molar-refractivity contribution in [2.75, 3.05) is 25.5 Å². The lowest BCUT2D eigenvalue weighted by Crippen LogP contribution is -2.31. The van der Waals surface area contributed by atoms with Crippen molar-refractivity contribution in [3.63, 3.8) is 0 Å². The van der Waals surface area contributed by atoms with Gasteiger partial charge in [0.05, 0.1) is 0 Å². The van der Waals surface area contributed by atoms with Gasteiger partial charge in [-0.2, -0.15) is 0 Å². The average molecular weight is 269 g/mol. The van der Waals surface area contributed by atoms with Gasteiger partial charge in [-0.3, -0.25) is 0 Å². The lowest BCUT2D eigenvalue weighted by atomic mass is 10.2. The molecule has 82 valence electrons. The lowest BCUT2D eigenvalue weighted by molar-refractivity contribution is 0.322. The molecular formula is C12H17BrN2. The predicted molar refractivity (Wildman–Crippen MR) is 68.3 cm³/mol. The fourth-order valence-corrected chi connectivity index (χ4v) is 2.30. The minimum absolute atomic E-state index is 0.702. The number of nitrogens with zero attached hydrogens (tertiary/aromatic N) is 1. The van der Waals surface area contributed by atoms with E-state index in [-0.39, 0.29) is 0 Å². The molecule has 1 aliphatic heterocycles. The van der Waals surface area contributed by atoms with Crippen molar-refractivity contribution < 1.29 is 0 Å². The summed E-state index contributed by atoms with van der Waals surface area (Å²) in [5.74, 6) is 0. The van der Waals surface area contributed by atoms with Gasteiger partial charge in [0.15, 0.2) is 0 Å². The molecule has 0 amide bonds. The number of rotatable bonds is 3. The molecule has 1 saturated heterocycles. The van der Waals surface area contributed by atoms with E-state index >= 15 is 0 Å². The Morgan fingerprint density at radius 2 is 2.13 bits per heavy atom. The van der Waals surface area contributed by atoms with E-state index in [0.717, 1.165) is 11.0 Å². The topological polar surface area (TPSA) is 15.3 Å². The molecule has 0 spiro atoms. The molecule has 1 aromatic carbocycles. The van der Waals surface area contributed by atoms with Gasteiger partial charge in [0.1, 0.15) is 0 Å². The molecule has 0 unspecified atom stereocenters. The van der Waals surface area contributed by atoms with E-state index in [4.69, 9.17) is 0 Å². The van der Waals surface area contributed by atoms with Crippen LogP contribution in [0.5, 0.6) is 0 Å². The smallest absolute Gasteiger partial charge is 0.0341 e. The Kier molecular flexibility index (Phi) is 3.65. The summed E-state index contributed by atoms with van der Waals surface area (Å²) in [6.07, 6.45) is 2.66. The van der Waals surface area contributed by atoms with Gasteiger partial charge in [0, 0.05) is 22.7 Å². The van der Waals surface area contributed by atoms with Gasteiger partial charge in [-0.15, -0.1) is 0 Å². The van der Waals surface area contributed by atoms with E-state index in [0.29, 0.717) is 6.04 Å². The minimum Gasteiger partial charge on any atom is -0.383 e. The largest absolute Gasteiger partial charge is 0.383 e. The van der Waals surface area contributed by atoms with Crippen molar-refractivity contribution in [3.8, 4) is 0 Å². The van der Waals surface area contributed by atoms with Crippen molar-refractivity contribution in [2.24, 2.45) is 0 Å². The third-order valence-electron chi connectivity index (χ3n) is 3.06. The first-order valence-electron chi connectivity index (χ1n) is 5.45. The van der Waals surface area contributed by atoms with Crippen LogP contribution in [-0.2, 0) is 0 Å². The number of likely N-dealkylation sites (tertiary alicyclic amines) is 1. The fourth-order valence-electron chi connectivity index (χ4n) is 2.04. The molecule has 15 heavy (non-hydrogen) atoms. The van der Waals surface area contributed by atoms with E-state index in [1.807, 2.05) is 0 Å². The van der Waals surface area contributed by atoms with E-state index in [9.17, 15) is 0 Å². The highest BCUT2D eigenvalue weighted by Crippen LogP contribution is 2.17. The number of halogens is 1. The Balaban J connectivity index is 1.85. The van der Waals surface area contributed by atoms with Gasteiger partial charge in [0.25, 0.3) is 0 Å². The Morgan fingerprint density at radius 3 is 2.73 bits per heavy atom. The standard InChI is InChI=1S/C12H17BrN2/c1-15-8-2-3-12(15)9-14-11-6-4-10(13)5-7-11/h4-7,12,14H,2-3,8-9H2,1H3/t12-/m0/s1. The summed E-state index contributed by atoms with van der Waals surface area (Å²) in [5.41, 5.74) is 1.21. The monoisotopic (exact) mass is 268 g/mol. The van der Waals surface area contributed by atoms with E-state index in [2.05, 4.69) is 57.5 Å². The first kappa shape index (κ1) is 11.0. The normalized spacial score (nSPS) is 21.9. The van der Waals surface area contributed by atoms with Gasteiger partial charge >= 0.3 is 0 Å². The first-order chi connectivity index (χ1) is 7.25. The van der Waals surface area contributed by atoms with Crippen molar-refractivity contribution in [1.29, 1.82) is 0 Å². The molecule has 1 aliphatic rings.